The van der Waals surface area contributed by atoms with Gasteiger partial charge in [-0.2, -0.15) is 5.06 Å². The summed E-state index contributed by atoms with van der Waals surface area (Å²) >= 11 is 3.45. The van der Waals surface area contributed by atoms with Gasteiger partial charge in [-0.15, -0.1) is 0 Å². The molecule has 2 rings (SSSR count). The molecule has 0 amide bonds. The topological polar surface area (TPSA) is 36.6 Å². The molecule has 0 unspecified atom stereocenters. The molecule has 4 heteroatoms. The van der Waals surface area contributed by atoms with Crippen molar-refractivity contribution in [1.82, 2.24) is 5.06 Å². The Bertz CT molecular complexity index is 450. The van der Waals surface area contributed by atoms with Gasteiger partial charge in [-0.25, -0.2) is 0 Å². The van der Waals surface area contributed by atoms with Crippen LogP contribution in [-0.4, -0.2) is 17.3 Å². The fraction of sp³-hybridized carbons (Fsp3) is 0.200. The smallest absolute Gasteiger partial charge is 0.135 e. The third-order valence-corrected chi connectivity index (χ3v) is 2.84. The largest absolute Gasteiger partial charge is 0.458 e. The molecule has 1 N–H and O–H groups in total. The zero-order valence-corrected chi connectivity index (χ0v) is 9.28. The number of para-hydroxylation sites is 1. The van der Waals surface area contributed by atoms with Crippen molar-refractivity contribution in [2.45, 2.75) is 6.54 Å². The van der Waals surface area contributed by atoms with Crippen molar-refractivity contribution in [3.63, 3.8) is 0 Å². The molecular weight excluding hydrogens is 246 g/mol. The quantitative estimate of drug-likeness (QED) is 0.839. The number of hydrogen-bond acceptors (Lipinski definition) is 3. The van der Waals surface area contributed by atoms with Crippen molar-refractivity contribution >= 4 is 26.9 Å². The highest BCUT2D eigenvalue weighted by Gasteiger charge is 2.11. The lowest BCUT2D eigenvalue weighted by Crippen LogP contribution is -2.11. The molecule has 0 aliphatic rings. The Hall–Kier alpha value is -0.840. The third-order valence-electron chi connectivity index (χ3n) is 1.97. The van der Waals surface area contributed by atoms with Crippen LogP contribution in [0, 0.1) is 0 Å². The maximum absolute atomic E-state index is 9.11. The van der Waals surface area contributed by atoms with Crippen molar-refractivity contribution in [3.05, 3.63) is 34.5 Å². The fourth-order valence-electron chi connectivity index (χ4n) is 1.37. The van der Waals surface area contributed by atoms with E-state index in [1.165, 1.54) is 0 Å². The van der Waals surface area contributed by atoms with E-state index < -0.39 is 0 Å². The number of nitrogens with zero attached hydrogens (tertiary/aromatic N) is 1. The number of benzene rings is 1. The molecule has 3 nitrogen and oxygen atoms in total. The third kappa shape index (κ3) is 1.68. The first-order chi connectivity index (χ1) is 6.68. The predicted molar refractivity (Wildman–Crippen MR) is 57.2 cm³/mol. The van der Waals surface area contributed by atoms with E-state index in [-0.39, 0.29) is 0 Å². The van der Waals surface area contributed by atoms with Gasteiger partial charge in [0.25, 0.3) is 0 Å². The molecular formula is C10H10BrNO2. The van der Waals surface area contributed by atoms with E-state index in [1.54, 1.807) is 7.05 Å². The van der Waals surface area contributed by atoms with E-state index in [0.29, 0.717) is 6.54 Å². The number of furan rings is 1. The SMILES string of the molecule is CN(O)Cc1oc2ccccc2c1Br. The average Bonchev–Trinajstić information content (AvgIpc) is 2.44. The second-order valence-electron chi connectivity index (χ2n) is 3.15. The molecule has 0 aliphatic carbocycles. The van der Waals surface area contributed by atoms with Crippen molar-refractivity contribution in [2.75, 3.05) is 7.05 Å². The summed E-state index contributed by atoms with van der Waals surface area (Å²) in [4.78, 5) is 0. The second-order valence-corrected chi connectivity index (χ2v) is 3.94. The van der Waals surface area contributed by atoms with E-state index in [9.17, 15) is 0 Å². The first-order valence-corrected chi connectivity index (χ1v) is 5.03. The molecule has 0 saturated heterocycles. The Labute approximate surface area is 90.0 Å². The van der Waals surface area contributed by atoms with Gasteiger partial charge < -0.3 is 9.62 Å². The molecule has 0 spiro atoms. The molecule has 0 bridgehead atoms. The highest BCUT2D eigenvalue weighted by molar-refractivity contribution is 9.10. The maximum Gasteiger partial charge on any atom is 0.135 e. The van der Waals surface area contributed by atoms with Gasteiger partial charge in [0.05, 0.1) is 11.0 Å². The standard InChI is InChI=1S/C10H10BrNO2/c1-12(13)6-9-10(11)7-4-2-3-5-8(7)14-9/h2-5,13H,6H2,1H3. The summed E-state index contributed by atoms with van der Waals surface area (Å²) in [6.07, 6.45) is 0. The van der Waals surface area contributed by atoms with Crippen LogP contribution in [0.4, 0.5) is 0 Å². The van der Waals surface area contributed by atoms with Gasteiger partial charge in [-0.05, 0) is 28.1 Å². The van der Waals surface area contributed by atoms with Crippen molar-refractivity contribution in [2.24, 2.45) is 0 Å². The van der Waals surface area contributed by atoms with Crippen LogP contribution in [-0.2, 0) is 6.54 Å². The summed E-state index contributed by atoms with van der Waals surface area (Å²) in [7, 11) is 1.58. The molecule has 0 radical (unpaired) electrons. The van der Waals surface area contributed by atoms with E-state index >= 15 is 0 Å². The Morgan fingerprint density at radius 1 is 1.43 bits per heavy atom. The Morgan fingerprint density at radius 3 is 2.79 bits per heavy atom. The summed E-state index contributed by atoms with van der Waals surface area (Å²) < 4.78 is 6.47. The summed E-state index contributed by atoms with van der Waals surface area (Å²) in [6, 6.07) is 7.75. The van der Waals surface area contributed by atoms with Crippen LogP contribution in [0.3, 0.4) is 0 Å². The minimum absolute atomic E-state index is 0.370. The molecule has 0 saturated carbocycles. The minimum atomic E-state index is 0.370. The minimum Gasteiger partial charge on any atom is -0.458 e. The van der Waals surface area contributed by atoms with Gasteiger partial charge in [-0.3, -0.25) is 0 Å². The number of fused-ring (bicyclic) bond motifs is 1. The molecule has 0 aliphatic heterocycles. The lowest BCUT2D eigenvalue weighted by molar-refractivity contribution is -0.0773. The molecule has 74 valence electrons. The van der Waals surface area contributed by atoms with Crippen LogP contribution in [0.1, 0.15) is 5.76 Å². The van der Waals surface area contributed by atoms with Crippen molar-refractivity contribution < 1.29 is 9.62 Å². The molecule has 1 aromatic heterocycles. The first kappa shape index (κ1) is 9.71. The highest BCUT2D eigenvalue weighted by atomic mass is 79.9. The second kappa shape index (κ2) is 3.73. The van der Waals surface area contributed by atoms with Crippen molar-refractivity contribution in [1.29, 1.82) is 0 Å². The molecule has 0 fully saturated rings. The van der Waals surface area contributed by atoms with Crippen molar-refractivity contribution in [3.8, 4) is 0 Å². The van der Waals surface area contributed by atoms with E-state index in [4.69, 9.17) is 9.62 Å². The molecule has 2 aromatic rings. The van der Waals surface area contributed by atoms with Crippen LogP contribution in [0.25, 0.3) is 11.0 Å². The number of hydroxylamine groups is 2. The summed E-state index contributed by atoms with van der Waals surface area (Å²) in [5.41, 5.74) is 0.830. The van der Waals surface area contributed by atoms with Gasteiger partial charge in [0, 0.05) is 12.4 Å². The van der Waals surface area contributed by atoms with E-state index in [0.717, 1.165) is 26.3 Å². The van der Waals surface area contributed by atoms with Crippen LogP contribution in [0.5, 0.6) is 0 Å². The maximum atomic E-state index is 9.11. The Kier molecular flexibility index (Phi) is 2.58. The zero-order valence-electron chi connectivity index (χ0n) is 7.70. The van der Waals surface area contributed by atoms with Crippen LogP contribution < -0.4 is 0 Å². The fourth-order valence-corrected chi connectivity index (χ4v) is 1.91. The van der Waals surface area contributed by atoms with E-state index in [2.05, 4.69) is 15.9 Å². The van der Waals surface area contributed by atoms with E-state index in [1.807, 2.05) is 24.3 Å². The summed E-state index contributed by atoms with van der Waals surface area (Å²) in [6.45, 7) is 0.370. The number of hydrogen-bond donors (Lipinski definition) is 1. The van der Waals surface area contributed by atoms with Gasteiger partial charge in [0.15, 0.2) is 0 Å². The Morgan fingerprint density at radius 2 is 2.14 bits per heavy atom. The molecule has 1 heterocycles. The van der Waals surface area contributed by atoms with Gasteiger partial charge in [0.1, 0.15) is 11.3 Å². The van der Waals surface area contributed by atoms with Crippen LogP contribution in [0.15, 0.2) is 33.2 Å². The highest BCUT2D eigenvalue weighted by Crippen LogP contribution is 2.30. The zero-order chi connectivity index (χ0) is 10.1. The summed E-state index contributed by atoms with van der Waals surface area (Å²) in [5.74, 6) is 0.733. The Balaban J connectivity index is 2.51. The lowest BCUT2D eigenvalue weighted by Gasteiger charge is -2.04. The van der Waals surface area contributed by atoms with Crippen LogP contribution in [0.2, 0.25) is 0 Å². The molecule has 0 atom stereocenters. The first-order valence-electron chi connectivity index (χ1n) is 4.24. The van der Waals surface area contributed by atoms with Gasteiger partial charge in [-0.1, -0.05) is 12.1 Å². The van der Waals surface area contributed by atoms with Gasteiger partial charge in [0.2, 0.25) is 0 Å². The number of halogens is 1. The molecule has 14 heavy (non-hydrogen) atoms. The molecule has 1 aromatic carbocycles. The lowest BCUT2D eigenvalue weighted by atomic mass is 10.2. The summed E-state index contributed by atoms with van der Waals surface area (Å²) in [5, 5.41) is 11.2. The normalized spacial score (nSPS) is 11.4. The number of rotatable bonds is 2. The van der Waals surface area contributed by atoms with Crippen LogP contribution >= 0.6 is 15.9 Å². The monoisotopic (exact) mass is 255 g/mol. The van der Waals surface area contributed by atoms with Gasteiger partial charge >= 0.3 is 0 Å². The predicted octanol–water partition coefficient (Wildman–Crippen LogP) is 3.02. The average molecular weight is 256 g/mol.